The van der Waals surface area contributed by atoms with Gasteiger partial charge in [-0.05, 0) is 11.8 Å². The first-order valence-electron chi connectivity index (χ1n) is 3.81. The highest BCUT2D eigenvalue weighted by Gasteiger charge is 2.00. The quantitative estimate of drug-likeness (QED) is 0.343. The molecule has 0 heterocycles. The van der Waals surface area contributed by atoms with Gasteiger partial charge < -0.3 is 5.73 Å². The van der Waals surface area contributed by atoms with Crippen LogP contribution in [0.25, 0.3) is 0 Å². The van der Waals surface area contributed by atoms with Crippen LogP contribution >= 0.6 is 12.6 Å². The third-order valence-electron chi connectivity index (χ3n) is 1.13. The molecule has 0 aromatic rings. The van der Waals surface area contributed by atoms with E-state index in [0.29, 0.717) is 0 Å². The zero-order valence-corrected chi connectivity index (χ0v) is 8.36. The fourth-order valence-electron chi connectivity index (χ4n) is 0.392. The molecule has 1 atom stereocenters. The van der Waals surface area contributed by atoms with Gasteiger partial charge in [0, 0.05) is 5.92 Å². The van der Waals surface area contributed by atoms with Gasteiger partial charge >= 0.3 is 0 Å². The van der Waals surface area contributed by atoms with E-state index in [9.17, 15) is 0 Å². The molecule has 0 aliphatic rings. The fraction of sp³-hybridized carbons (Fsp3) is 0.625. The number of allylic oxidation sites excluding steroid dienone is 1. The Morgan fingerprint density at radius 1 is 1.64 bits per heavy atom. The van der Waals surface area contributed by atoms with Crippen molar-refractivity contribution in [3.63, 3.8) is 0 Å². The highest BCUT2D eigenvalue weighted by Crippen LogP contribution is 2.01. The standard InChI is InChI=1S/C6H12N2S.C2H6/c1-5(6(7)8)3-2-4-9;1-2/h2,4-5,9H,3H2,1H3,(H3,7,8);1-2H3/b4-2+;. The molecule has 0 bridgehead atoms. The molecule has 0 fully saturated rings. The average Bonchev–Trinajstić information content (AvgIpc) is 2.03. The van der Waals surface area contributed by atoms with Crippen molar-refractivity contribution in [1.82, 2.24) is 0 Å². The maximum Gasteiger partial charge on any atom is 0.0937 e. The third-order valence-corrected chi connectivity index (χ3v) is 1.34. The summed E-state index contributed by atoms with van der Waals surface area (Å²) in [5.41, 5.74) is 5.20. The SMILES string of the molecule is CC.CC(C/C=C/S)C(=N)N. The van der Waals surface area contributed by atoms with Crippen molar-refractivity contribution < 1.29 is 0 Å². The molecule has 11 heavy (non-hydrogen) atoms. The van der Waals surface area contributed by atoms with E-state index < -0.39 is 0 Å². The molecule has 0 aliphatic heterocycles. The summed E-state index contributed by atoms with van der Waals surface area (Å²) in [4.78, 5) is 0. The Hall–Kier alpha value is -0.440. The van der Waals surface area contributed by atoms with Gasteiger partial charge in [0.25, 0.3) is 0 Å². The van der Waals surface area contributed by atoms with Gasteiger partial charge in [0.2, 0.25) is 0 Å². The van der Waals surface area contributed by atoms with Crippen LogP contribution in [0.15, 0.2) is 11.5 Å². The number of hydrogen-bond donors (Lipinski definition) is 3. The highest BCUT2D eigenvalue weighted by molar-refractivity contribution is 7.83. The summed E-state index contributed by atoms with van der Waals surface area (Å²) >= 11 is 3.87. The van der Waals surface area contributed by atoms with E-state index >= 15 is 0 Å². The summed E-state index contributed by atoms with van der Waals surface area (Å²) in [6.07, 6.45) is 2.69. The number of rotatable bonds is 3. The number of nitrogens with two attached hydrogens (primary N) is 1. The Bertz CT molecular complexity index is 121. The molecule has 3 heteroatoms. The summed E-state index contributed by atoms with van der Waals surface area (Å²) in [5, 5.41) is 8.66. The molecule has 0 spiro atoms. The molecule has 0 saturated carbocycles. The van der Waals surface area contributed by atoms with Crippen molar-refractivity contribution in [1.29, 1.82) is 5.41 Å². The van der Waals surface area contributed by atoms with Crippen molar-refractivity contribution in [2.45, 2.75) is 27.2 Å². The van der Waals surface area contributed by atoms with Gasteiger partial charge in [-0.15, -0.1) is 0 Å². The minimum absolute atomic E-state index is 0.147. The topological polar surface area (TPSA) is 49.9 Å². The molecule has 0 aromatic carbocycles. The normalized spacial score (nSPS) is 12.0. The second-order valence-electron chi connectivity index (χ2n) is 1.98. The predicted molar refractivity (Wildman–Crippen MR) is 55.2 cm³/mol. The first-order valence-corrected chi connectivity index (χ1v) is 4.33. The second kappa shape index (κ2) is 9.56. The van der Waals surface area contributed by atoms with Gasteiger partial charge in [-0.25, -0.2) is 0 Å². The minimum Gasteiger partial charge on any atom is -0.387 e. The molecule has 0 aliphatic carbocycles. The van der Waals surface area contributed by atoms with Crippen molar-refractivity contribution in [3.8, 4) is 0 Å². The highest BCUT2D eigenvalue weighted by atomic mass is 32.1. The van der Waals surface area contributed by atoms with E-state index in [0.717, 1.165) is 6.42 Å². The number of hydrogen-bond acceptors (Lipinski definition) is 2. The lowest BCUT2D eigenvalue weighted by molar-refractivity contribution is 0.777. The lowest BCUT2D eigenvalue weighted by Gasteiger charge is -2.03. The van der Waals surface area contributed by atoms with Crippen LogP contribution in [0.1, 0.15) is 27.2 Å². The van der Waals surface area contributed by atoms with Crippen LogP contribution in [0.4, 0.5) is 0 Å². The van der Waals surface area contributed by atoms with Crippen LogP contribution in [0.5, 0.6) is 0 Å². The predicted octanol–water partition coefficient (Wildman–Crippen LogP) is 2.42. The third kappa shape index (κ3) is 9.56. The molecule has 0 rings (SSSR count). The average molecular weight is 174 g/mol. The van der Waals surface area contributed by atoms with E-state index in [1.807, 2.05) is 26.8 Å². The lowest BCUT2D eigenvalue weighted by Crippen LogP contribution is -2.18. The molecule has 0 radical (unpaired) electrons. The Labute approximate surface area is 74.8 Å². The van der Waals surface area contributed by atoms with Gasteiger partial charge in [0.05, 0.1) is 5.84 Å². The summed E-state index contributed by atoms with van der Waals surface area (Å²) in [7, 11) is 0. The molecular formula is C8H18N2S. The van der Waals surface area contributed by atoms with Crippen LogP contribution in [0.2, 0.25) is 0 Å². The van der Waals surface area contributed by atoms with Crippen LogP contribution in [-0.2, 0) is 0 Å². The number of thiol groups is 1. The Morgan fingerprint density at radius 3 is 2.36 bits per heavy atom. The first kappa shape index (κ1) is 13.2. The van der Waals surface area contributed by atoms with Crippen molar-refractivity contribution in [3.05, 3.63) is 11.5 Å². The van der Waals surface area contributed by atoms with Crippen LogP contribution in [0.3, 0.4) is 0 Å². The van der Waals surface area contributed by atoms with Crippen molar-refractivity contribution in [2.75, 3.05) is 0 Å². The summed E-state index contributed by atoms with van der Waals surface area (Å²) < 4.78 is 0. The Balaban J connectivity index is 0. The molecular weight excluding hydrogens is 156 g/mol. The monoisotopic (exact) mass is 174 g/mol. The molecule has 2 nitrogen and oxygen atoms in total. The number of amidine groups is 1. The van der Waals surface area contributed by atoms with E-state index in [1.165, 1.54) is 0 Å². The van der Waals surface area contributed by atoms with E-state index in [-0.39, 0.29) is 11.8 Å². The molecule has 0 saturated heterocycles. The van der Waals surface area contributed by atoms with Gasteiger partial charge in [-0.2, -0.15) is 12.6 Å². The summed E-state index contributed by atoms with van der Waals surface area (Å²) in [6, 6.07) is 0. The maximum atomic E-state index is 7.00. The molecule has 0 amide bonds. The van der Waals surface area contributed by atoms with Gasteiger partial charge in [0.15, 0.2) is 0 Å². The molecule has 0 aromatic heterocycles. The van der Waals surface area contributed by atoms with Gasteiger partial charge in [-0.1, -0.05) is 26.8 Å². The zero-order chi connectivity index (χ0) is 9.28. The van der Waals surface area contributed by atoms with E-state index in [1.54, 1.807) is 5.41 Å². The summed E-state index contributed by atoms with van der Waals surface area (Å²) in [5.74, 6) is 0.384. The second-order valence-corrected chi connectivity index (χ2v) is 2.28. The largest absolute Gasteiger partial charge is 0.387 e. The van der Waals surface area contributed by atoms with Crippen molar-refractivity contribution >= 4 is 18.5 Å². The molecule has 3 N–H and O–H groups in total. The van der Waals surface area contributed by atoms with Crippen LogP contribution < -0.4 is 5.73 Å². The first-order chi connectivity index (χ1) is 5.18. The molecule has 66 valence electrons. The van der Waals surface area contributed by atoms with Crippen LogP contribution in [-0.4, -0.2) is 5.84 Å². The number of nitrogens with one attached hydrogen (secondary N) is 1. The van der Waals surface area contributed by atoms with Gasteiger partial charge in [0.1, 0.15) is 0 Å². The minimum atomic E-state index is 0.147. The Kier molecular flexibility index (Phi) is 11.4. The van der Waals surface area contributed by atoms with Crippen LogP contribution in [0, 0.1) is 11.3 Å². The Morgan fingerprint density at radius 2 is 2.09 bits per heavy atom. The van der Waals surface area contributed by atoms with E-state index in [2.05, 4.69) is 12.6 Å². The summed E-state index contributed by atoms with van der Waals surface area (Å²) in [6.45, 7) is 5.91. The van der Waals surface area contributed by atoms with Gasteiger partial charge in [-0.3, -0.25) is 5.41 Å². The van der Waals surface area contributed by atoms with Crippen molar-refractivity contribution in [2.24, 2.45) is 11.7 Å². The molecule has 1 unspecified atom stereocenters. The lowest BCUT2D eigenvalue weighted by atomic mass is 10.1. The smallest absolute Gasteiger partial charge is 0.0937 e. The zero-order valence-electron chi connectivity index (χ0n) is 7.46. The van der Waals surface area contributed by atoms with E-state index in [4.69, 9.17) is 11.1 Å². The maximum absolute atomic E-state index is 7.00. The fourth-order valence-corrected chi connectivity index (χ4v) is 0.514.